The Kier molecular flexibility index (Phi) is 3.95. The van der Waals surface area contributed by atoms with Crippen LogP contribution in [0.25, 0.3) is 0 Å². The SMILES string of the molecule is CC1CN(C)CCC1NC(=O)c1cc(O)cc(O)c1. The molecule has 1 fully saturated rings. The summed E-state index contributed by atoms with van der Waals surface area (Å²) < 4.78 is 0. The maximum absolute atomic E-state index is 12.1. The number of nitrogens with zero attached hydrogens (tertiary/aromatic N) is 1. The van der Waals surface area contributed by atoms with E-state index in [1.54, 1.807) is 0 Å². The average Bonchev–Trinajstić information content (AvgIpc) is 2.31. The molecular weight excluding hydrogens is 244 g/mol. The number of nitrogens with one attached hydrogen (secondary N) is 1. The van der Waals surface area contributed by atoms with E-state index >= 15 is 0 Å². The predicted molar refractivity (Wildman–Crippen MR) is 72.3 cm³/mol. The maximum Gasteiger partial charge on any atom is 0.251 e. The number of carbonyl (C=O) groups excluding carboxylic acids is 1. The Balaban J connectivity index is 2.04. The number of phenolic OH excluding ortho intramolecular Hbond substituents is 2. The van der Waals surface area contributed by atoms with Gasteiger partial charge in [-0.1, -0.05) is 6.92 Å². The molecule has 1 aromatic carbocycles. The number of phenols is 2. The molecule has 5 nitrogen and oxygen atoms in total. The summed E-state index contributed by atoms with van der Waals surface area (Å²) in [4.78, 5) is 14.3. The van der Waals surface area contributed by atoms with Crippen molar-refractivity contribution in [3.63, 3.8) is 0 Å². The van der Waals surface area contributed by atoms with E-state index in [0.29, 0.717) is 5.92 Å². The van der Waals surface area contributed by atoms with Gasteiger partial charge in [-0.2, -0.15) is 0 Å². The number of hydrogen-bond acceptors (Lipinski definition) is 4. The second-order valence-corrected chi connectivity index (χ2v) is 5.35. The van der Waals surface area contributed by atoms with E-state index in [-0.39, 0.29) is 29.0 Å². The van der Waals surface area contributed by atoms with E-state index in [9.17, 15) is 15.0 Å². The van der Waals surface area contributed by atoms with Crippen LogP contribution in [0.3, 0.4) is 0 Å². The Bertz CT molecular complexity index is 456. The molecule has 0 aliphatic carbocycles. The van der Waals surface area contributed by atoms with Gasteiger partial charge in [0.2, 0.25) is 0 Å². The highest BCUT2D eigenvalue weighted by Crippen LogP contribution is 2.21. The Morgan fingerprint density at radius 3 is 2.53 bits per heavy atom. The largest absolute Gasteiger partial charge is 0.508 e. The molecule has 1 aliphatic heterocycles. The van der Waals surface area contributed by atoms with Crippen LogP contribution in [-0.4, -0.2) is 47.2 Å². The van der Waals surface area contributed by atoms with Crippen molar-refractivity contribution in [1.29, 1.82) is 0 Å². The van der Waals surface area contributed by atoms with E-state index in [1.807, 2.05) is 0 Å². The average molecular weight is 264 g/mol. The molecule has 2 unspecified atom stereocenters. The molecule has 1 aliphatic rings. The van der Waals surface area contributed by atoms with Crippen LogP contribution >= 0.6 is 0 Å². The van der Waals surface area contributed by atoms with E-state index < -0.39 is 0 Å². The van der Waals surface area contributed by atoms with Crippen molar-refractivity contribution in [2.75, 3.05) is 20.1 Å². The third kappa shape index (κ3) is 3.38. The standard InChI is InChI=1S/C14H20N2O3/c1-9-8-16(2)4-3-13(9)15-14(19)10-5-11(17)7-12(18)6-10/h5-7,9,13,17-18H,3-4,8H2,1-2H3,(H,15,19). The van der Waals surface area contributed by atoms with Gasteiger partial charge in [0.1, 0.15) is 11.5 Å². The molecule has 0 saturated carbocycles. The molecule has 104 valence electrons. The van der Waals surface area contributed by atoms with Gasteiger partial charge in [0, 0.05) is 24.2 Å². The van der Waals surface area contributed by atoms with E-state index in [0.717, 1.165) is 19.5 Å². The first kappa shape index (κ1) is 13.7. The summed E-state index contributed by atoms with van der Waals surface area (Å²) in [6, 6.07) is 4.05. The van der Waals surface area contributed by atoms with Crippen molar-refractivity contribution < 1.29 is 15.0 Å². The van der Waals surface area contributed by atoms with Gasteiger partial charge >= 0.3 is 0 Å². The number of piperidine rings is 1. The van der Waals surface area contributed by atoms with Crippen LogP contribution in [0.5, 0.6) is 11.5 Å². The fourth-order valence-electron chi connectivity index (χ4n) is 2.55. The first-order valence-corrected chi connectivity index (χ1v) is 6.48. The summed E-state index contributed by atoms with van der Waals surface area (Å²) in [5.74, 6) is -0.0932. The zero-order valence-electron chi connectivity index (χ0n) is 11.3. The van der Waals surface area contributed by atoms with Crippen molar-refractivity contribution >= 4 is 5.91 Å². The van der Waals surface area contributed by atoms with Crippen molar-refractivity contribution in [1.82, 2.24) is 10.2 Å². The number of rotatable bonds is 2. The number of aromatic hydroxyl groups is 2. The van der Waals surface area contributed by atoms with E-state index in [4.69, 9.17) is 0 Å². The predicted octanol–water partition coefficient (Wildman–Crippen LogP) is 1.17. The van der Waals surface area contributed by atoms with Crippen LogP contribution in [0.15, 0.2) is 18.2 Å². The molecular formula is C14H20N2O3. The highest BCUT2D eigenvalue weighted by molar-refractivity contribution is 5.95. The Labute approximate surface area is 112 Å². The summed E-state index contributed by atoms with van der Waals surface area (Å²) >= 11 is 0. The quantitative estimate of drug-likeness (QED) is 0.749. The van der Waals surface area contributed by atoms with Crippen LogP contribution in [0.2, 0.25) is 0 Å². The maximum atomic E-state index is 12.1. The minimum atomic E-state index is -0.257. The van der Waals surface area contributed by atoms with Gasteiger partial charge in [-0.25, -0.2) is 0 Å². The van der Waals surface area contributed by atoms with Crippen molar-refractivity contribution in [3.05, 3.63) is 23.8 Å². The molecule has 0 radical (unpaired) electrons. The zero-order chi connectivity index (χ0) is 14.0. The minimum Gasteiger partial charge on any atom is -0.508 e. The van der Waals surface area contributed by atoms with Crippen LogP contribution in [-0.2, 0) is 0 Å². The van der Waals surface area contributed by atoms with Crippen LogP contribution in [0.4, 0.5) is 0 Å². The lowest BCUT2D eigenvalue weighted by Gasteiger charge is -2.35. The zero-order valence-corrected chi connectivity index (χ0v) is 11.3. The molecule has 1 aromatic rings. The van der Waals surface area contributed by atoms with Crippen LogP contribution in [0.1, 0.15) is 23.7 Å². The normalized spacial score (nSPS) is 24.1. The summed E-state index contributed by atoms with van der Waals surface area (Å²) in [6.07, 6.45) is 0.911. The molecule has 2 rings (SSSR count). The lowest BCUT2D eigenvalue weighted by molar-refractivity contribution is 0.0883. The third-order valence-electron chi connectivity index (χ3n) is 3.59. The van der Waals surface area contributed by atoms with Crippen LogP contribution < -0.4 is 5.32 Å². The molecule has 1 heterocycles. The molecule has 1 amide bonds. The number of likely N-dealkylation sites (tertiary alicyclic amines) is 1. The number of benzene rings is 1. The van der Waals surface area contributed by atoms with Gasteiger partial charge in [-0.3, -0.25) is 4.79 Å². The van der Waals surface area contributed by atoms with Crippen molar-refractivity contribution in [2.45, 2.75) is 19.4 Å². The first-order chi connectivity index (χ1) is 8.95. The second kappa shape index (κ2) is 5.48. The summed E-state index contributed by atoms with van der Waals surface area (Å²) in [7, 11) is 2.07. The number of hydrogen-bond donors (Lipinski definition) is 3. The van der Waals surface area contributed by atoms with E-state index in [1.165, 1.54) is 18.2 Å². The van der Waals surface area contributed by atoms with Gasteiger partial charge < -0.3 is 20.4 Å². The van der Waals surface area contributed by atoms with Gasteiger partial charge in [-0.05, 0) is 38.1 Å². The Morgan fingerprint density at radius 2 is 1.95 bits per heavy atom. The Morgan fingerprint density at radius 1 is 1.32 bits per heavy atom. The molecule has 0 bridgehead atoms. The summed E-state index contributed by atoms with van der Waals surface area (Å²) in [6.45, 7) is 4.03. The number of amides is 1. The van der Waals surface area contributed by atoms with Gasteiger partial charge in [0.15, 0.2) is 0 Å². The lowest BCUT2D eigenvalue weighted by Crippen LogP contribution is -2.48. The molecule has 19 heavy (non-hydrogen) atoms. The molecule has 3 N–H and O–H groups in total. The highest BCUT2D eigenvalue weighted by Gasteiger charge is 2.25. The fraction of sp³-hybridized carbons (Fsp3) is 0.500. The minimum absolute atomic E-state index is 0.110. The summed E-state index contributed by atoms with van der Waals surface area (Å²) in [5, 5.41) is 21.7. The lowest BCUT2D eigenvalue weighted by atomic mass is 9.94. The smallest absolute Gasteiger partial charge is 0.251 e. The van der Waals surface area contributed by atoms with Crippen molar-refractivity contribution in [2.24, 2.45) is 5.92 Å². The topological polar surface area (TPSA) is 72.8 Å². The fourth-order valence-corrected chi connectivity index (χ4v) is 2.55. The van der Waals surface area contributed by atoms with Gasteiger partial charge in [0.25, 0.3) is 5.91 Å². The van der Waals surface area contributed by atoms with Crippen molar-refractivity contribution in [3.8, 4) is 11.5 Å². The molecule has 1 saturated heterocycles. The number of carbonyl (C=O) groups is 1. The third-order valence-corrected chi connectivity index (χ3v) is 3.59. The molecule has 5 heteroatoms. The summed E-state index contributed by atoms with van der Waals surface area (Å²) in [5.41, 5.74) is 0.281. The Hall–Kier alpha value is -1.75. The van der Waals surface area contributed by atoms with Crippen LogP contribution in [0, 0.1) is 5.92 Å². The monoisotopic (exact) mass is 264 g/mol. The second-order valence-electron chi connectivity index (χ2n) is 5.35. The highest BCUT2D eigenvalue weighted by atomic mass is 16.3. The van der Waals surface area contributed by atoms with Gasteiger partial charge in [-0.15, -0.1) is 0 Å². The van der Waals surface area contributed by atoms with E-state index in [2.05, 4.69) is 24.2 Å². The van der Waals surface area contributed by atoms with Gasteiger partial charge in [0.05, 0.1) is 0 Å². The first-order valence-electron chi connectivity index (χ1n) is 6.48. The molecule has 0 spiro atoms. The molecule has 2 atom stereocenters. The molecule has 0 aromatic heterocycles.